The van der Waals surface area contributed by atoms with Crippen molar-refractivity contribution in [3.8, 4) is 0 Å². The minimum atomic E-state index is -0.493. The largest absolute Gasteiger partial charge is 0.368 e. The van der Waals surface area contributed by atoms with Crippen molar-refractivity contribution < 1.29 is 4.79 Å². The molecule has 150 valence electrons. The summed E-state index contributed by atoms with van der Waals surface area (Å²) in [5.74, 6) is -0.00192. The first-order valence-electron chi connectivity index (χ1n) is 9.53. The summed E-state index contributed by atoms with van der Waals surface area (Å²) in [6, 6.07) is 14.6. The van der Waals surface area contributed by atoms with E-state index in [2.05, 4.69) is 9.88 Å². The van der Waals surface area contributed by atoms with Crippen LogP contribution in [0.3, 0.4) is 0 Å². The van der Waals surface area contributed by atoms with Gasteiger partial charge >= 0.3 is 5.69 Å². The second-order valence-electron chi connectivity index (χ2n) is 7.03. The normalized spacial score (nSPS) is 14.4. The molecule has 1 amide bonds. The quantitative estimate of drug-likeness (QED) is 0.711. The fourth-order valence-corrected chi connectivity index (χ4v) is 3.90. The molecule has 2 aromatic carbocycles. The molecular formula is C21H21ClN4O3. The summed E-state index contributed by atoms with van der Waals surface area (Å²) in [6.07, 6.45) is 0.201. The number of para-hydroxylation sites is 1. The lowest BCUT2D eigenvalue weighted by atomic mass is 10.2. The molecule has 1 aromatic heterocycles. The number of hydrogen-bond acceptors (Lipinski definition) is 4. The van der Waals surface area contributed by atoms with Gasteiger partial charge in [-0.25, -0.2) is 4.79 Å². The summed E-state index contributed by atoms with van der Waals surface area (Å²) in [5.41, 5.74) is 0.688. The van der Waals surface area contributed by atoms with E-state index in [1.807, 2.05) is 29.2 Å². The molecule has 1 saturated heterocycles. The molecule has 0 spiro atoms. The first-order chi connectivity index (χ1) is 14.0. The Kier molecular flexibility index (Phi) is 5.40. The summed E-state index contributed by atoms with van der Waals surface area (Å²) < 4.78 is 1.46. The number of carbonyl (C=O) groups is 1. The zero-order chi connectivity index (χ0) is 20.4. The molecule has 1 N–H and O–H groups in total. The molecule has 29 heavy (non-hydrogen) atoms. The summed E-state index contributed by atoms with van der Waals surface area (Å²) in [6.45, 7) is 2.92. The van der Waals surface area contributed by atoms with E-state index < -0.39 is 11.2 Å². The Hall–Kier alpha value is -3.06. The Bertz CT molecular complexity index is 1160. The van der Waals surface area contributed by atoms with E-state index in [4.69, 9.17) is 11.6 Å². The molecule has 1 aliphatic rings. The Morgan fingerprint density at radius 2 is 1.76 bits per heavy atom. The van der Waals surface area contributed by atoms with Crippen LogP contribution in [-0.4, -0.2) is 46.5 Å². The number of nitrogens with one attached hydrogen (secondary N) is 1. The molecule has 7 nitrogen and oxygen atoms in total. The third kappa shape index (κ3) is 4.05. The minimum absolute atomic E-state index is 0.00192. The molecule has 0 radical (unpaired) electrons. The molecule has 1 fully saturated rings. The smallest absolute Gasteiger partial charge is 0.328 e. The van der Waals surface area contributed by atoms with Crippen LogP contribution >= 0.6 is 11.6 Å². The molecule has 8 heteroatoms. The zero-order valence-electron chi connectivity index (χ0n) is 15.8. The standard InChI is InChI=1S/C21H21ClN4O3/c22-15-4-3-5-16(14-15)24-10-12-25(13-11-24)19(27)8-9-26-18-7-2-1-6-17(18)20(28)23-21(26)29/h1-7,14H,8-13H2,(H,23,28,29). The van der Waals surface area contributed by atoms with Gasteiger partial charge in [-0.15, -0.1) is 0 Å². The fourth-order valence-electron chi connectivity index (χ4n) is 3.72. The number of rotatable bonds is 4. The van der Waals surface area contributed by atoms with Crippen LogP contribution < -0.4 is 16.1 Å². The average Bonchev–Trinajstić information content (AvgIpc) is 2.73. The van der Waals surface area contributed by atoms with Crippen LogP contribution in [0.1, 0.15) is 6.42 Å². The number of amides is 1. The van der Waals surface area contributed by atoms with Gasteiger partial charge in [0.15, 0.2) is 0 Å². The number of aromatic nitrogens is 2. The minimum Gasteiger partial charge on any atom is -0.368 e. The van der Waals surface area contributed by atoms with Crippen LogP contribution in [0.4, 0.5) is 5.69 Å². The van der Waals surface area contributed by atoms with Crippen LogP contribution in [0.2, 0.25) is 5.02 Å². The second-order valence-corrected chi connectivity index (χ2v) is 7.46. The molecule has 0 atom stereocenters. The molecule has 0 unspecified atom stereocenters. The number of nitrogens with zero attached hydrogens (tertiary/aromatic N) is 3. The Balaban J connectivity index is 1.41. The summed E-state index contributed by atoms with van der Waals surface area (Å²) in [4.78, 5) is 43.2. The van der Waals surface area contributed by atoms with Crippen molar-refractivity contribution >= 4 is 34.1 Å². The van der Waals surface area contributed by atoms with Gasteiger partial charge in [0.05, 0.1) is 10.9 Å². The van der Waals surface area contributed by atoms with Crippen LogP contribution in [0.15, 0.2) is 58.1 Å². The van der Waals surface area contributed by atoms with Gasteiger partial charge < -0.3 is 9.80 Å². The van der Waals surface area contributed by atoms with E-state index >= 15 is 0 Å². The van der Waals surface area contributed by atoms with Crippen LogP contribution in [0.5, 0.6) is 0 Å². The number of halogens is 1. The van der Waals surface area contributed by atoms with Gasteiger partial charge in [0, 0.05) is 49.9 Å². The van der Waals surface area contributed by atoms with Gasteiger partial charge in [-0.05, 0) is 30.3 Å². The van der Waals surface area contributed by atoms with E-state index in [1.165, 1.54) is 4.57 Å². The van der Waals surface area contributed by atoms with Gasteiger partial charge in [-0.1, -0.05) is 29.8 Å². The molecule has 1 aliphatic heterocycles. The third-order valence-corrected chi connectivity index (χ3v) is 5.50. The van der Waals surface area contributed by atoms with Gasteiger partial charge in [0.2, 0.25) is 5.91 Å². The number of aromatic amines is 1. The molecule has 0 bridgehead atoms. The number of carbonyl (C=O) groups excluding carboxylic acids is 1. The van der Waals surface area contributed by atoms with Crippen molar-refractivity contribution in [3.63, 3.8) is 0 Å². The highest BCUT2D eigenvalue weighted by Crippen LogP contribution is 2.21. The molecular weight excluding hydrogens is 392 g/mol. The van der Waals surface area contributed by atoms with E-state index in [9.17, 15) is 14.4 Å². The van der Waals surface area contributed by atoms with E-state index in [0.29, 0.717) is 29.0 Å². The van der Waals surface area contributed by atoms with Crippen LogP contribution in [-0.2, 0) is 11.3 Å². The lowest BCUT2D eigenvalue weighted by molar-refractivity contribution is -0.131. The monoisotopic (exact) mass is 412 g/mol. The predicted octanol–water partition coefficient (Wildman–Crippen LogP) is 2.08. The summed E-state index contributed by atoms with van der Waals surface area (Å²) >= 11 is 6.07. The average molecular weight is 413 g/mol. The van der Waals surface area contributed by atoms with Crippen LogP contribution in [0.25, 0.3) is 10.9 Å². The number of piperazine rings is 1. The van der Waals surface area contributed by atoms with E-state index in [-0.39, 0.29) is 18.9 Å². The van der Waals surface area contributed by atoms with Crippen molar-refractivity contribution in [2.75, 3.05) is 31.1 Å². The van der Waals surface area contributed by atoms with Gasteiger partial charge in [-0.2, -0.15) is 0 Å². The summed E-state index contributed by atoms with van der Waals surface area (Å²) in [7, 11) is 0. The molecule has 4 rings (SSSR count). The second kappa shape index (κ2) is 8.13. The topological polar surface area (TPSA) is 78.4 Å². The number of anilines is 1. The highest BCUT2D eigenvalue weighted by molar-refractivity contribution is 6.30. The van der Waals surface area contributed by atoms with E-state index in [0.717, 1.165) is 18.8 Å². The Morgan fingerprint density at radius 1 is 1.00 bits per heavy atom. The number of benzene rings is 2. The lowest BCUT2D eigenvalue weighted by Crippen LogP contribution is -2.49. The lowest BCUT2D eigenvalue weighted by Gasteiger charge is -2.36. The maximum absolute atomic E-state index is 12.7. The van der Waals surface area contributed by atoms with Crippen LogP contribution in [0, 0.1) is 0 Å². The first-order valence-corrected chi connectivity index (χ1v) is 9.91. The maximum atomic E-state index is 12.7. The predicted molar refractivity (Wildman–Crippen MR) is 114 cm³/mol. The van der Waals surface area contributed by atoms with Crippen molar-refractivity contribution in [2.45, 2.75) is 13.0 Å². The highest BCUT2D eigenvalue weighted by Gasteiger charge is 2.21. The Morgan fingerprint density at radius 3 is 2.52 bits per heavy atom. The van der Waals surface area contributed by atoms with Gasteiger partial charge in [0.25, 0.3) is 5.56 Å². The van der Waals surface area contributed by atoms with Gasteiger partial charge in [-0.3, -0.25) is 19.1 Å². The molecule has 0 aliphatic carbocycles. The van der Waals surface area contributed by atoms with Crippen molar-refractivity contribution in [3.05, 3.63) is 74.4 Å². The fraction of sp³-hybridized carbons (Fsp3) is 0.286. The molecule has 3 aromatic rings. The van der Waals surface area contributed by atoms with Crippen molar-refractivity contribution in [1.29, 1.82) is 0 Å². The zero-order valence-corrected chi connectivity index (χ0v) is 16.6. The third-order valence-electron chi connectivity index (χ3n) is 5.26. The molecule has 0 saturated carbocycles. The van der Waals surface area contributed by atoms with E-state index in [1.54, 1.807) is 24.3 Å². The maximum Gasteiger partial charge on any atom is 0.328 e. The SMILES string of the molecule is O=C(CCn1c(=O)[nH]c(=O)c2ccccc21)N1CCN(c2cccc(Cl)c2)CC1. The van der Waals surface area contributed by atoms with Gasteiger partial charge in [0.1, 0.15) is 0 Å². The number of aryl methyl sites for hydroxylation is 1. The number of fused-ring (bicyclic) bond motifs is 1. The summed E-state index contributed by atoms with van der Waals surface area (Å²) in [5, 5.41) is 1.13. The number of hydrogen-bond donors (Lipinski definition) is 1. The van der Waals surface area contributed by atoms with Crippen molar-refractivity contribution in [2.24, 2.45) is 0 Å². The molecule has 2 heterocycles. The highest BCUT2D eigenvalue weighted by atomic mass is 35.5. The number of H-pyrrole nitrogens is 1. The first kappa shape index (κ1) is 19.3. The van der Waals surface area contributed by atoms with Crippen molar-refractivity contribution in [1.82, 2.24) is 14.5 Å². The Labute approximate surface area is 172 Å².